The summed E-state index contributed by atoms with van der Waals surface area (Å²) in [6.07, 6.45) is 0. The molecule has 0 fully saturated rings. The third-order valence-electron chi connectivity index (χ3n) is 5.66. The number of para-hydroxylation sites is 1. The van der Waals surface area contributed by atoms with E-state index in [1.54, 1.807) is 18.8 Å². The van der Waals surface area contributed by atoms with Crippen LogP contribution in [0.4, 0.5) is 0 Å². The molecule has 0 bridgehead atoms. The fourth-order valence-electron chi connectivity index (χ4n) is 3.80. The highest BCUT2D eigenvalue weighted by Gasteiger charge is 2.17. The van der Waals surface area contributed by atoms with Crippen LogP contribution in [0.15, 0.2) is 71.5 Å². The van der Waals surface area contributed by atoms with E-state index >= 15 is 0 Å². The van der Waals surface area contributed by atoms with Crippen molar-refractivity contribution >= 4 is 10.9 Å². The summed E-state index contributed by atoms with van der Waals surface area (Å²) in [5.41, 5.74) is 3.76. The largest absolute Gasteiger partial charge is 0.493 e. The Kier molecular flexibility index (Phi) is 5.74. The van der Waals surface area contributed by atoms with E-state index in [2.05, 4.69) is 45.0 Å². The van der Waals surface area contributed by atoms with Crippen molar-refractivity contribution in [3.8, 4) is 22.9 Å². The average molecular weight is 429 g/mol. The molecule has 0 radical (unpaired) electrons. The van der Waals surface area contributed by atoms with Gasteiger partial charge >= 0.3 is 0 Å². The highest BCUT2D eigenvalue weighted by atomic mass is 16.5. The lowest BCUT2D eigenvalue weighted by Crippen LogP contribution is -2.24. The molecule has 0 aliphatic carbocycles. The van der Waals surface area contributed by atoms with Crippen molar-refractivity contribution in [2.24, 2.45) is 0 Å². The van der Waals surface area contributed by atoms with E-state index < -0.39 is 0 Å². The molecule has 0 unspecified atom stereocenters. The van der Waals surface area contributed by atoms with Crippen LogP contribution in [-0.2, 0) is 12.0 Å². The SMILES string of the molecule is COc1ccc(-c2nc3ccccc3c(=O)n2Cc2ccc(C(C)(C)C)cc2)cc1OC. The normalized spacial score (nSPS) is 11.5. The molecule has 0 amide bonds. The molecule has 0 N–H and O–H groups in total. The minimum absolute atomic E-state index is 0.0692. The quantitative estimate of drug-likeness (QED) is 0.426. The second kappa shape index (κ2) is 8.50. The zero-order valence-corrected chi connectivity index (χ0v) is 19.2. The van der Waals surface area contributed by atoms with Gasteiger partial charge in [0.05, 0.1) is 31.7 Å². The van der Waals surface area contributed by atoms with Gasteiger partial charge in [-0.05, 0) is 46.9 Å². The molecular formula is C27H28N2O3. The van der Waals surface area contributed by atoms with Crippen molar-refractivity contribution in [2.45, 2.75) is 32.7 Å². The summed E-state index contributed by atoms with van der Waals surface area (Å²) in [4.78, 5) is 18.4. The first kappa shape index (κ1) is 21.6. The van der Waals surface area contributed by atoms with E-state index in [4.69, 9.17) is 14.5 Å². The van der Waals surface area contributed by atoms with Gasteiger partial charge in [0.15, 0.2) is 11.5 Å². The van der Waals surface area contributed by atoms with Crippen LogP contribution in [0.25, 0.3) is 22.3 Å². The van der Waals surface area contributed by atoms with Crippen LogP contribution in [0.3, 0.4) is 0 Å². The number of rotatable bonds is 5. The first-order valence-corrected chi connectivity index (χ1v) is 10.6. The van der Waals surface area contributed by atoms with Gasteiger partial charge < -0.3 is 9.47 Å². The van der Waals surface area contributed by atoms with Crippen LogP contribution in [0.5, 0.6) is 11.5 Å². The number of hydrogen-bond acceptors (Lipinski definition) is 4. The molecule has 0 saturated carbocycles. The van der Waals surface area contributed by atoms with E-state index in [1.165, 1.54) is 5.56 Å². The molecule has 0 aliphatic heterocycles. The highest BCUT2D eigenvalue weighted by molar-refractivity contribution is 5.80. The predicted molar refractivity (Wildman–Crippen MR) is 129 cm³/mol. The Bertz CT molecular complexity index is 1320. The molecule has 1 aromatic heterocycles. The number of benzene rings is 3. The summed E-state index contributed by atoms with van der Waals surface area (Å²) in [7, 11) is 3.20. The number of ether oxygens (including phenoxy) is 2. The molecule has 3 aromatic carbocycles. The van der Waals surface area contributed by atoms with Crippen molar-refractivity contribution in [1.29, 1.82) is 0 Å². The zero-order valence-electron chi connectivity index (χ0n) is 19.2. The fourth-order valence-corrected chi connectivity index (χ4v) is 3.80. The first-order valence-electron chi connectivity index (χ1n) is 10.6. The molecule has 0 atom stereocenters. The topological polar surface area (TPSA) is 53.3 Å². The molecular weight excluding hydrogens is 400 g/mol. The zero-order chi connectivity index (χ0) is 22.9. The fraction of sp³-hybridized carbons (Fsp3) is 0.259. The first-order chi connectivity index (χ1) is 15.3. The second-order valence-corrected chi connectivity index (χ2v) is 8.86. The summed E-state index contributed by atoms with van der Waals surface area (Å²) < 4.78 is 12.6. The molecule has 5 heteroatoms. The maximum absolute atomic E-state index is 13.5. The maximum atomic E-state index is 13.5. The van der Waals surface area contributed by atoms with Crippen LogP contribution < -0.4 is 15.0 Å². The molecule has 0 aliphatic rings. The summed E-state index contributed by atoms with van der Waals surface area (Å²) in [5, 5.41) is 0.600. The van der Waals surface area contributed by atoms with E-state index in [-0.39, 0.29) is 11.0 Å². The summed E-state index contributed by atoms with van der Waals surface area (Å²) in [5.74, 6) is 1.81. The van der Waals surface area contributed by atoms with Crippen LogP contribution in [0, 0.1) is 0 Å². The Morgan fingerprint density at radius 1 is 0.875 bits per heavy atom. The molecule has 0 spiro atoms. The van der Waals surface area contributed by atoms with E-state index in [0.717, 1.165) is 11.1 Å². The van der Waals surface area contributed by atoms with Crippen molar-refractivity contribution in [1.82, 2.24) is 9.55 Å². The van der Waals surface area contributed by atoms with Gasteiger partial charge in [0.2, 0.25) is 0 Å². The summed E-state index contributed by atoms with van der Waals surface area (Å²) >= 11 is 0. The van der Waals surface area contributed by atoms with Crippen LogP contribution in [-0.4, -0.2) is 23.8 Å². The lowest BCUT2D eigenvalue weighted by molar-refractivity contribution is 0.355. The predicted octanol–water partition coefficient (Wildman–Crippen LogP) is 5.43. The second-order valence-electron chi connectivity index (χ2n) is 8.86. The smallest absolute Gasteiger partial charge is 0.261 e. The Balaban J connectivity index is 1.88. The maximum Gasteiger partial charge on any atom is 0.261 e. The van der Waals surface area contributed by atoms with E-state index in [1.807, 2.05) is 42.5 Å². The van der Waals surface area contributed by atoms with Gasteiger partial charge in [0.1, 0.15) is 5.82 Å². The van der Waals surface area contributed by atoms with Crippen molar-refractivity contribution in [2.75, 3.05) is 14.2 Å². The minimum atomic E-state index is -0.0692. The lowest BCUT2D eigenvalue weighted by Gasteiger charge is -2.20. The molecule has 32 heavy (non-hydrogen) atoms. The van der Waals surface area contributed by atoms with Crippen molar-refractivity contribution in [3.63, 3.8) is 0 Å². The van der Waals surface area contributed by atoms with Gasteiger partial charge in [0.25, 0.3) is 5.56 Å². The van der Waals surface area contributed by atoms with Crippen molar-refractivity contribution < 1.29 is 9.47 Å². The number of fused-ring (bicyclic) bond motifs is 1. The third-order valence-corrected chi connectivity index (χ3v) is 5.66. The van der Waals surface area contributed by atoms with E-state index in [0.29, 0.717) is 34.8 Å². The van der Waals surface area contributed by atoms with Gasteiger partial charge in [-0.2, -0.15) is 0 Å². The number of hydrogen-bond donors (Lipinski definition) is 0. The highest BCUT2D eigenvalue weighted by Crippen LogP contribution is 2.32. The standard InChI is InChI=1S/C27H28N2O3/c1-27(2,3)20-13-10-18(11-14-20)17-29-25(19-12-15-23(31-4)24(16-19)32-5)28-22-9-7-6-8-21(22)26(29)30/h6-16H,17H2,1-5H3. The van der Waals surface area contributed by atoms with Crippen LogP contribution >= 0.6 is 0 Å². The summed E-state index contributed by atoms with van der Waals surface area (Å²) in [6, 6.07) is 21.5. The lowest BCUT2D eigenvalue weighted by atomic mass is 9.87. The minimum Gasteiger partial charge on any atom is -0.493 e. The molecule has 0 saturated heterocycles. The van der Waals surface area contributed by atoms with Crippen LogP contribution in [0.2, 0.25) is 0 Å². The number of nitrogens with zero attached hydrogens (tertiary/aromatic N) is 2. The van der Waals surface area contributed by atoms with E-state index in [9.17, 15) is 4.79 Å². The number of aromatic nitrogens is 2. The van der Waals surface area contributed by atoms with Gasteiger partial charge in [-0.3, -0.25) is 9.36 Å². The Hall–Kier alpha value is -3.60. The monoisotopic (exact) mass is 428 g/mol. The van der Waals surface area contributed by atoms with Gasteiger partial charge in [-0.25, -0.2) is 4.98 Å². The Morgan fingerprint density at radius 3 is 2.22 bits per heavy atom. The number of methoxy groups -OCH3 is 2. The van der Waals surface area contributed by atoms with Gasteiger partial charge in [-0.15, -0.1) is 0 Å². The Labute approximate surface area is 188 Å². The molecule has 4 rings (SSSR count). The van der Waals surface area contributed by atoms with Gasteiger partial charge in [0, 0.05) is 5.56 Å². The summed E-state index contributed by atoms with van der Waals surface area (Å²) in [6.45, 7) is 6.99. The Morgan fingerprint density at radius 2 is 1.56 bits per heavy atom. The van der Waals surface area contributed by atoms with Crippen molar-refractivity contribution in [3.05, 3.63) is 88.2 Å². The average Bonchev–Trinajstić information content (AvgIpc) is 2.80. The third kappa shape index (κ3) is 4.11. The molecule has 164 valence electrons. The van der Waals surface area contributed by atoms with Gasteiger partial charge in [-0.1, -0.05) is 57.2 Å². The molecule has 1 heterocycles. The molecule has 5 nitrogen and oxygen atoms in total. The molecule has 4 aromatic rings. The van der Waals surface area contributed by atoms with Crippen LogP contribution in [0.1, 0.15) is 31.9 Å².